The summed E-state index contributed by atoms with van der Waals surface area (Å²) in [4.78, 5) is 24.7. The van der Waals surface area contributed by atoms with Gasteiger partial charge in [-0.3, -0.25) is 14.5 Å². The topological polar surface area (TPSA) is 70.4 Å². The van der Waals surface area contributed by atoms with Crippen LogP contribution in [0.3, 0.4) is 0 Å². The molecular weight excluding hydrogens is 264 g/mol. The van der Waals surface area contributed by atoms with Gasteiger partial charge in [0.2, 0.25) is 0 Å². The summed E-state index contributed by atoms with van der Waals surface area (Å²) in [5, 5.41) is 8.15. The Hall–Kier alpha value is -2.26. The fourth-order valence-corrected chi connectivity index (χ4v) is 2.40. The molecule has 1 aliphatic rings. The Balaban J connectivity index is 2.22. The minimum absolute atomic E-state index is 0.218. The standard InChI is InChI=1S/C13H10N2O3S/c1-18-10-4-2-9(3-5-10)8-11-12(16)15(7-6-14)13(17)19-11/h2-5,8H,7H2,1H3. The van der Waals surface area contributed by atoms with E-state index in [1.807, 2.05) is 0 Å². The van der Waals surface area contributed by atoms with E-state index in [1.54, 1.807) is 43.5 Å². The molecule has 1 heterocycles. The summed E-state index contributed by atoms with van der Waals surface area (Å²) < 4.78 is 5.04. The molecule has 1 aliphatic heterocycles. The van der Waals surface area contributed by atoms with Crippen LogP contribution in [0.5, 0.6) is 5.75 Å². The van der Waals surface area contributed by atoms with Crippen molar-refractivity contribution in [1.29, 1.82) is 5.26 Å². The zero-order chi connectivity index (χ0) is 13.8. The first-order valence-electron chi connectivity index (χ1n) is 5.42. The van der Waals surface area contributed by atoms with Crippen LogP contribution in [0.4, 0.5) is 4.79 Å². The Labute approximate surface area is 114 Å². The lowest BCUT2D eigenvalue weighted by atomic mass is 10.2. The third-order valence-corrected chi connectivity index (χ3v) is 3.42. The highest BCUT2D eigenvalue weighted by atomic mass is 32.2. The van der Waals surface area contributed by atoms with Gasteiger partial charge >= 0.3 is 0 Å². The number of rotatable bonds is 3. The predicted molar refractivity (Wildman–Crippen MR) is 71.3 cm³/mol. The van der Waals surface area contributed by atoms with Gasteiger partial charge in [0.1, 0.15) is 12.3 Å². The molecular formula is C13H10N2O3S. The van der Waals surface area contributed by atoms with Crippen molar-refractivity contribution in [3.05, 3.63) is 34.7 Å². The minimum Gasteiger partial charge on any atom is -0.497 e. The van der Waals surface area contributed by atoms with E-state index in [4.69, 9.17) is 10.00 Å². The second kappa shape index (κ2) is 5.59. The first-order valence-corrected chi connectivity index (χ1v) is 6.23. The first kappa shape index (κ1) is 13.2. The van der Waals surface area contributed by atoms with Gasteiger partial charge in [0, 0.05) is 0 Å². The van der Waals surface area contributed by atoms with Crippen LogP contribution in [0.1, 0.15) is 5.56 Å². The van der Waals surface area contributed by atoms with Gasteiger partial charge in [0.05, 0.1) is 18.1 Å². The lowest BCUT2D eigenvalue weighted by molar-refractivity contribution is -0.122. The highest BCUT2D eigenvalue weighted by molar-refractivity contribution is 8.18. The van der Waals surface area contributed by atoms with Gasteiger partial charge in [-0.2, -0.15) is 5.26 Å². The summed E-state index contributed by atoms with van der Waals surface area (Å²) in [5.74, 6) is 0.294. The van der Waals surface area contributed by atoms with Gasteiger partial charge in [-0.1, -0.05) is 12.1 Å². The number of nitriles is 1. The first-order chi connectivity index (χ1) is 9.15. The molecule has 0 unspecified atom stereocenters. The molecule has 0 spiro atoms. The Morgan fingerprint density at radius 3 is 2.63 bits per heavy atom. The van der Waals surface area contributed by atoms with E-state index in [2.05, 4.69) is 0 Å². The molecule has 96 valence electrons. The van der Waals surface area contributed by atoms with Crippen molar-refractivity contribution in [2.75, 3.05) is 13.7 Å². The molecule has 1 fully saturated rings. The molecule has 5 nitrogen and oxygen atoms in total. The number of thioether (sulfide) groups is 1. The predicted octanol–water partition coefficient (Wildman–Crippen LogP) is 2.26. The zero-order valence-corrected chi connectivity index (χ0v) is 10.9. The lowest BCUT2D eigenvalue weighted by Crippen LogP contribution is -2.28. The van der Waals surface area contributed by atoms with Crippen LogP contribution in [0.15, 0.2) is 29.2 Å². The van der Waals surface area contributed by atoms with Crippen molar-refractivity contribution in [1.82, 2.24) is 4.90 Å². The molecule has 1 aromatic rings. The molecule has 1 aromatic carbocycles. The van der Waals surface area contributed by atoms with Crippen molar-refractivity contribution in [3.8, 4) is 11.8 Å². The summed E-state index contributed by atoms with van der Waals surface area (Å²) in [6.45, 7) is -0.218. The van der Waals surface area contributed by atoms with E-state index in [9.17, 15) is 9.59 Å². The Morgan fingerprint density at radius 2 is 2.05 bits per heavy atom. The maximum absolute atomic E-state index is 11.9. The van der Waals surface area contributed by atoms with Crippen molar-refractivity contribution in [2.45, 2.75) is 0 Å². The molecule has 2 amide bonds. The number of carbonyl (C=O) groups is 2. The van der Waals surface area contributed by atoms with E-state index in [0.717, 1.165) is 28.0 Å². The van der Waals surface area contributed by atoms with E-state index < -0.39 is 11.1 Å². The Kier molecular flexibility index (Phi) is 3.88. The van der Waals surface area contributed by atoms with Crippen LogP contribution in [-0.4, -0.2) is 29.7 Å². The van der Waals surface area contributed by atoms with Gasteiger partial charge in [-0.15, -0.1) is 0 Å². The fourth-order valence-electron chi connectivity index (χ4n) is 1.56. The highest BCUT2D eigenvalue weighted by Crippen LogP contribution is 2.32. The van der Waals surface area contributed by atoms with Gasteiger partial charge in [0.15, 0.2) is 0 Å². The van der Waals surface area contributed by atoms with E-state index in [1.165, 1.54) is 0 Å². The highest BCUT2D eigenvalue weighted by Gasteiger charge is 2.34. The third kappa shape index (κ3) is 2.77. The summed E-state index contributed by atoms with van der Waals surface area (Å²) >= 11 is 0.843. The Bertz CT molecular complexity index is 587. The number of hydrogen-bond acceptors (Lipinski definition) is 5. The molecule has 0 aromatic heterocycles. The summed E-state index contributed by atoms with van der Waals surface area (Å²) in [6.07, 6.45) is 1.63. The Morgan fingerprint density at radius 1 is 1.37 bits per heavy atom. The molecule has 0 N–H and O–H groups in total. The van der Waals surface area contributed by atoms with Crippen molar-refractivity contribution in [3.63, 3.8) is 0 Å². The van der Waals surface area contributed by atoms with Crippen LogP contribution >= 0.6 is 11.8 Å². The van der Waals surface area contributed by atoms with E-state index >= 15 is 0 Å². The fraction of sp³-hybridized carbons (Fsp3) is 0.154. The lowest BCUT2D eigenvalue weighted by Gasteiger charge is -2.05. The maximum atomic E-state index is 11.9. The number of amides is 2. The third-order valence-electron chi connectivity index (χ3n) is 2.52. The van der Waals surface area contributed by atoms with E-state index in [0.29, 0.717) is 4.91 Å². The van der Waals surface area contributed by atoms with Gasteiger partial charge < -0.3 is 4.74 Å². The summed E-state index contributed by atoms with van der Waals surface area (Å²) in [7, 11) is 1.57. The number of carbonyl (C=O) groups excluding carboxylic acids is 2. The zero-order valence-electron chi connectivity index (χ0n) is 10.1. The quantitative estimate of drug-likeness (QED) is 0.624. The van der Waals surface area contributed by atoms with E-state index in [-0.39, 0.29) is 6.54 Å². The average molecular weight is 274 g/mol. The van der Waals surface area contributed by atoms with Crippen LogP contribution in [0.25, 0.3) is 6.08 Å². The number of imide groups is 1. The SMILES string of the molecule is COc1ccc(C=C2SC(=O)N(CC#N)C2=O)cc1. The minimum atomic E-state index is -0.424. The van der Waals surface area contributed by atoms with Gasteiger partial charge in [-0.25, -0.2) is 0 Å². The molecule has 6 heteroatoms. The number of methoxy groups -OCH3 is 1. The largest absolute Gasteiger partial charge is 0.497 e. The number of benzene rings is 1. The smallest absolute Gasteiger partial charge is 0.294 e. The van der Waals surface area contributed by atoms with Crippen molar-refractivity contribution < 1.29 is 14.3 Å². The molecule has 0 aliphatic carbocycles. The molecule has 1 saturated heterocycles. The molecule has 0 atom stereocenters. The second-order valence-electron chi connectivity index (χ2n) is 3.70. The van der Waals surface area contributed by atoms with Crippen LogP contribution in [0.2, 0.25) is 0 Å². The molecule has 0 bridgehead atoms. The molecule has 2 rings (SSSR count). The maximum Gasteiger partial charge on any atom is 0.294 e. The average Bonchev–Trinajstić information content (AvgIpc) is 2.68. The van der Waals surface area contributed by atoms with Crippen LogP contribution in [-0.2, 0) is 4.79 Å². The van der Waals surface area contributed by atoms with Crippen LogP contribution < -0.4 is 4.74 Å². The van der Waals surface area contributed by atoms with Crippen molar-refractivity contribution >= 4 is 29.0 Å². The molecule has 0 saturated carbocycles. The number of hydrogen-bond donors (Lipinski definition) is 0. The normalized spacial score (nSPS) is 16.8. The van der Waals surface area contributed by atoms with Crippen LogP contribution in [0, 0.1) is 11.3 Å². The monoisotopic (exact) mass is 274 g/mol. The summed E-state index contributed by atoms with van der Waals surface area (Å²) in [5.41, 5.74) is 0.795. The van der Waals surface area contributed by atoms with Gasteiger partial charge in [-0.05, 0) is 35.5 Å². The van der Waals surface area contributed by atoms with Crippen molar-refractivity contribution in [2.24, 2.45) is 0 Å². The molecule has 19 heavy (non-hydrogen) atoms. The molecule has 0 radical (unpaired) electrons. The second-order valence-corrected chi connectivity index (χ2v) is 4.69. The number of ether oxygens (including phenoxy) is 1. The summed E-state index contributed by atoms with van der Waals surface area (Å²) in [6, 6.07) is 8.91. The van der Waals surface area contributed by atoms with Gasteiger partial charge in [0.25, 0.3) is 11.1 Å². The number of nitrogens with zero attached hydrogens (tertiary/aromatic N) is 2.